The molecule has 7 nitrogen and oxygen atoms in total. The highest BCUT2D eigenvalue weighted by Gasteiger charge is 2.44. The minimum absolute atomic E-state index is 0.0569. The van der Waals surface area contributed by atoms with Crippen LogP contribution in [0.3, 0.4) is 0 Å². The first kappa shape index (κ1) is 17.4. The Morgan fingerprint density at radius 1 is 1.13 bits per heavy atom. The zero-order valence-electron chi connectivity index (χ0n) is 14.0. The minimum Gasteiger partial charge on any atom is -0.352 e. The Hall–Kier alpha value is -1.92. The second-order valence-corrected chi connectivity index (χ2v) is 6.57. The van der Waals surface area contributed by atoms with Gasteiger partial charge in [-0.2, -0.15) is 0 Å². The highest BCUT2D eigenvalue weighted by Crippen LogP contribution is 2.29. The molecule has 7 heteroatoms. The fourth-order valence-corrected chi connectivity index (χ4v) is 3.29. The Morgan fingerprint density at radius 3 is 2.43 bits per heavy atom. The second-order valence-electron chi connectivity index (χ2n) is 6.57. The SMILES string of the molecule is CCCN1C(=O)C(=O)N(CC(=O)N[C@@H]2CCC[C@@H](C)[C@@H]2C)C1=O. The average molecular weight is 323 g/mol. The summed E-state index contributed by atoms with van der Waals surface area (Å²) < 4.78 is 0. The summed E-state index contributed by atoms with van der Waals surface area (Å²) in [7, 11) is 0. The monoisotopic (exact) mass is 323 g/mol. The van der Waals surface area contributed by atoms with Gasteiger partial charge < -0.3 is 5.32 Å². The van der Waals surface area contributed by atoms with Gasteiger partial charge in [-0.3, -0.25) is 19.3 Å². The van der Waals surface area contributed by atoms with Gasteiger partial charge in [-0.05, 0) is 24.7 Å². The van der Waals surface area contributed by atoms with E-state index in [2.05, 4.69) is 19.2 Å². The molecular weight excluding hydrogens is 298 g/mol. The van der Waals surface area contributed by atoms with Gasteiger partial charge in [0, 0.05) is 12.6 Å². The summed E-state index contributed by atoms with van der Waals surface area (Å²) in [4.78, 5) is 49.6. The van der Waals surface area contributed by atoms with Gasteiger partial charge in [-0.1, -0.05) is 33.6 Å². The molecule has 5 amide bonds. The van der Waals surface area contributed by atoms with Crippen LogP contribution in [0.25, 0.3) is 0 Å². The summed E-state index contributed by atoms with van der Waals surface area (Å²) in [6, 6.07) is -0.636. The summed E-state index contributed by atoms with van der Waals surface area (Å²) >= 11 is 0. The Kier molecular flexibility index (Phi) is 5.38. The molecule has 2 aliphatic rings. The van der Waals surface area contributed by atoms with Crippen molar-refractivity contribution in [3.63, 3.8) is 0 Å². The van der Waals surface area contributed by atoms with Gasteiger partial charge in [-0.25, -0.2) is 9.69 Å². The number of hydrogen-bond acceptors (Lipinski definition) is 4. The van der Waals surface area contributed by atoms with E-state index in [0.717, 1.165) is 29.1 Å². The van der Waals surface area contributed by atoms with Crippen LogP contribution in [0, 0.1) is 11.8 Å². The molecule has 2 fully saturated rings. The fourth-order valence-electron chi connectivity index (χ4n) is 3.29. The Labute approximate surface area is 136 Å². The van der Waals surface area contributed by atoms with E-state index in [1.165, 1.54) is 0 Å². The molecular formula is C16H25N3O4. The number of imide groups is 2. The Bertz CT molecular complexity index is 519. The molecule has 128 valence electrons. The van der Waals surface area contributed by atoms with Gasteiger partial charge in [0.15, 0.2) is 0 Å². The van der Waals surface area contributed by atoms with Crippen molar-refractivity contribution in [1.29, 1.82) is 0 Å². The van der Waals surface area contributed by atoms with Crippen LogP contribution in [0.5, 0.6) is 0 Å². The molecule has 1 saturated carbocycles. The van der Waals surface area contributed by atoms with E-state index in [4.69, 9.17) is 0 Å². The third kappa shape index (κ3) is 3.54. The maximum absolute atomic E-state index is 12.2. The first-order valence-corrected chi connectivity index (χ1v) is 8.33. The number of nitrogens with zero attached hydrogens (tertiary/aromatic N) is 2. The molecule has 0 spiro atoms. The summed E-state index contributed by atoms with van der Waals surface area (Å²) in [6.07, 6.45) is 3.68. The maximum atomic E-state index is 12.2. The molecule has 23 heavy (non-hydrogen) atoms. The van der Waals surface area contributed by atoms with Crippen LogP contribution in [-0.4, -0.2) is 52.7 Å². The minimum atomic E-state index is -0.913. The molecule has 0 radical (unpaired) electrons. The molecule has 1 aliphatic heterocycles. The van der Waals surface area contributed by atoms with E-state index in [1.807, 2.05) is 6.92 Å². The van der Waals surface area contributed by atoms with Crippen LogP contribution in [-0.2, 0) is 14.4 Å². The van der Waals surface area contributed by atoms with Gasteiger partial charge in [-0.15, -0.1) is 0 Å². The Morgan fingerprint density at radius 2 is 1.78 bits per heavy atom. The molecule has 1 heterocycles. The van der Waals surface area contributed by atoms with Crippen molar-refractivity contribution in [2.75, 3.05) is 13.1 Å². The average Bonchev–Trinajstić information content (AvgIpc) is 2.70. The summed E-state index contributed by atoms with van der Waals surface area (Å²) in [5.41, 5.74) is 0. The van der Waals surface area contributed by atoms with Crippen LogP contribution in [0.1, 0.15) is 46.5 Å². The number of carbonyl (C=O) groups is 4. The smallest absolute Gasteiger partial charge is 0.334 e. The summed E-state index contributed by atoms with van der Waals surface area (Å²) in [6.45, 7) is 5.89. The lowest BCUT2D eigenvalue weighted by Crippen LogP contribution is -2.48. The standard InChI is InChI=1S/C16H25N3O4/c1-4-8-18-14(21)15(22)19(16(18)23)9-13(20)17-12-7-5-6-10(2)11(12)3/h10-12H,4-9H2,1-3H3,(H,17,20)/t10-,11+,12-/m1/s1. The van der Waals surface area contributed by atoms with E-state index < -0.39 is 17.8 Å². The molecule has 1 saturated heterocycles. The molecule has 0 aromatic heterocycles. The first-order chi connectivity index (χ1) is 10.9. The molecule has 0 aromatic carbocycles. The summed E-state index contributed by atoms with van der Waals surface area (Å²) in [5, 5.41) is 2.91. The highest BCUT2D eigenvalue weighted by atomic mass is 16.2. The number of urea groups is 1. The zero-order valence-corrected chi connectivity index (χ0v) is 14.0. The predicted molar refractivity (Wildman–Crippen MR) is 83.2 cm³/mol. The normalized spacial score (nSPS) is 28.5. The van der Waals surface area contributed by atoms with Crippen molar-refractivity contribution in [2.45, 2.75) is 52.5 Å². The predicted octanol–water partition coefficient (Wildman–Crippen LogP) is 1.13. The summed E-state index contributed by atoms with van der Waals surface area (Å²) in [5.74, 6) is -1.25. The third-order valence-electron chi connectivity index (χ3n) is 4.94. The van der Waals surface area contributed by atoms with E-state index >= 15 is 0 Å². The van der Waals surface area contributed by atoms with Gasteiger partial charge in [0.05, 0.1) is 0 Å². The van der Waals surface area contributed by atoms with Crippen molar-refractivity contribution in [1.82, 2.24) is 15.1 Å². The number of hydrogen-bond donors (Lipinski definition) is 1. The molecule has 1 aliphatic carbocycles. The zero-order chi connectivity index (χ0) is 17.1. The van der Waals surface area contributed by atoms with Crippen molar-refractivity contribution in [3.05, 3.63) is 0 Å². The lowest BCUT2D eigenvalue weighted by Gasteiger charge is -2.34. The van der Waals surface area contributed by atoms with E-state index in [0.29, 0.717) is 18.3 Å². The molecule has 3 atom stereocenters. The van der Waals surface area contributed by atoms with Crippen molar-refractivity contribution in [2.24, 2.45) is 11.8 Å². The van der Waals surface area contributed by atoms with Gasteiger partial charge in [0.1, 0.15) is 6.54 Å². The first-order valence-electron chi connectivity index (χ1n) is 8.33. The maximum Gasteiger partial charge on any atom is 0.334 e. The second kappa shape index (κ2) is 7.10. The molecule has 0 unspecified atom stereocenters. The number of amides is 5. The van der Waals surface area contributed by atoms with Gasteiger partial charge >= 0.3 is 17.8 Å². The van der Waals surface area contributed by atoms with Crippen LogP contribution >= 0.6 is 0 Å². The van der Waals surface area contributed by atoms with Crippen LogP contribution in [0.2, 0.25) is 0 Å². The fraction of sp³-hybridized carbons (Fsp3) is 0.750. The topological polar surface area (TPSA) is 86.8 Å². The lowest BCUT2D eigenvalue weighted by atomic mass is 9.78. The molecule has 0 aromatic rings. The van der Waals surface area contributed by atoms with E-state index in [9.17, 15) is 19.2 Å². The van der Waals surface area contributed by atoms with E-state index in [-0.39, 0.29) is 25.0 Å². The van der Waals surface area contributed by atoms with Crippen molar-refractivity contribution in [3.8, 4) is 0 Å². The highest BCUT2D eigenvalue weighted by molar-refractivity contribution is 6.45. The molecule has 0 bridgehead atoms. The molecule has 1 N–H and O–H groups in total. The number of rotatable bonds is 5. The number of nitrogens with one attached hydrogen (secondary N) is 1. The van der Waals surface area contributed by atoms with Gasteiger partial charge in [0.25, 0.3) is 0 Å². The number of carbonyl (C=O) groups excluding carboxylic acids is 4. The van der Waals surface area contributed by atoms with Crippen LogP contribution < -0.4 is 5.32 Å². The molecule has 2 rings (SSSR count). The largest absolute Gasteiger partial charge is 0.352 e. The van der Waals surface area contributed by atoms with Crippen molar-refractivity contribution < 1.29 is 19.2 Å². The van der Waals surface area contributed by atoms with Crippen LogP contribution in [0.4, 0.5) is 4.79 Å². The van der Waals surface area contributed by atoms with Crippen molar-refractivity contribution >= 4 is 23.8 Å². The van der Waals surface area contributed by atoms with Gasteiger partial charge in [0.2, 0.25) is 5.91 Å². The quantitative estimate of drug-likeness (QED) is 0.607. The van der Waals surface area contributed by atoms with Crippen LogP contribution in [0.15, 0.2) is 0 Å². The lowest BCUT2D eigenvalue weighted by molar-refractivity contribution is -0.144. The third-order valence-corrected chi connectivity index (χ3v) is 4.94. The van der Waals surface area contributed by atoms with E-state index in [1.54, 1.807) is 0 Å². The Balaban J connectivity index is 1.96.